The Balaban J connectivity index is 1.82. The van der Waals surface area contributed by atoms with Crippen LogP contribution < -0.4 is 0 Å². The quantitative estimate of drug-likeness (QED) is 0.712. The predicted octanol–water partition coefficient (Wildman–Crippen LogP) is 0.450. The normalized spacial score (nSPS) is 49.6. The van der Waals surface area contributed by atoms with Crippen LogP contribution in [0.2, 0.25) is 0 Å². The molecule has 1 N–H and O–H groups in total. The molecular formula is C12H18O5. The van der Waals surface area contributed by atoms with Gasteiger partial charge in [-0.15, -0.1) is 0 Å². The molecule has 3 rings (SSSR count). The second-order valence-electron chi connectivity index (χ2n) is 5.58. The first-order valence-corrected chi connectivity index (χ1v) is 6.13. The molecular weight excluding hydrogens is 224 g/mol. The van der Waals surface area contributed by atoms with E-state index in [9.17, 15) is 9.90 Å². The Morgan fingerprint density at radius 3 is 2.65 bits per heavy atom. The molecule has 1 unspecified atom stereocenters. The summed E-state index contributed by atoms with van der Waals surface area (Å²) < 4.78 is 16.5. The van der Waals surface area contributed by atoms with Crippen molar-refractivity contribution in [2.24, 2.45) is 11.3 Å². The summed E-state index contributed by atoms with van der Waals surface area (Å²) in [5.41, 5.74) is -0.762. The fourth-order valence-electron chi connectivity index (χ4n) is 3.34. The van der Waals surface area contributed by atoms with Crippen LogP contribution in [0.1, 0.15) is 27.2 Å². The van der Waals surface area contributed by atoms with Crippen LogP contribution in [0.25, 0.3) is 0 Å². The summed E-state index contributed by atoms with van der Waals surface area (Å²) in [6.45, 7) is 5.76. The Morgan fingerprint density at radius 2 is 2.06 bits per heavy atom. The second-order valence-corrected chi connectivity index (χ2v) is 5.58. The molecule has 1 heterocycles. The molecule has 0 amide bonds. The monoisotopic (exact) mass is 242 g/mol. The van der Waals surface area contributed by atoms with Gasteiger partial charge in [0.2, 0.25) is 0 Å². The number of rotatable bonds is 2. The molecule has 5 atom stereocenters. The lowest BCUT2D eigenvalue weighted by molar-refractivity contribution is -0.179. The van der Waals surface area contributed by atoms with Gasteiger partial charge < -0.3 is 19.3 Å². The van der Waals surface area contributed by atoms with Gasteiger partial charge >= 0.3 is 5.97 Å². The van der Waals surface area contributed by atoms with Gasteiger partial charge in [0.15, 0.2) is 5.79 Å². The van der Waals surface area contributed by atoms with E-state index in [0.717, 1.165) is 0 Å². The number of carbonyl (C=O) groups is 1. The lowest BCUT2D eigenvalue weighted by Gasteiger charge is -2.23. The molecule has 2 saturated carbocycles. The number of fused-ring (bicyclic) bond motifs is 3. The average Bonchev–Trinajstić information content (AvgIpc) is 2.85. The maximum Gasteiger partial charge on any atom is 0.315 e. The Kier molecular flexibility index (Phi) is 2.16. The maximum atomic E-state index is 11.9. The number of aliphatic hydroxyl groups excluding tert-OH is 1. The topological polar surface area (TPSA) is 65.0 Å². The highest BCUT2D eigenvalue weighted by atomic mass is 16.8. The van der Waals surface area contributed by atoms with Gasteiger partial charge in [0, 0.05) is 5.92 Å². The highest BCUT2D eigenvalue weighted by molar-refractivity contribution is 5.83. The molecule has 0 aromatic carbocycles. The van der Waals surface area contributed by atoms with Gasteiger partial charge in [-0.25, -0.2) is 0 Å². The number of hydrogen-bond donors (Lipinski definition) is 1. The molecule has 0 radical (unpaired) electrons. The fraction of sp³-hybridized carbons (Fsp3) is 0.917. The van der Waals surface area contributed by atoms with E-state index in [1.54, 1.807) is 6.92 Å². The van der Waals surface area contributed by atoms with E-state index in [0.29, 0.717) is 13.0 Å². The zero-order valence-corrected chi connectivity index (χ0v) is 10.3. The van der Waals surface area contributed by atoms with Crippen LogP contribution in [0.4, 0.5) is 0 Å². The predicted molar refractivity (Wildman–Crippen MR) is 57.0 cm³/mol. The average molecular weight is 242 g/mol. The van der Waals surface area contributed by atoms with Crippen LogP contribution in [0.5, 0.6) is 0 Å². The molecule has 0 bridgehead atoms. The van der Waals surface area contributed by atoms with E-state index in [1.165, 1.54) is 0 Å². The van der Waals surface area contributed by atoms with Crippen molar-refractivity contribution in [3.8, 4) is 0 Å². The smallest absolute Gasteiger partial charge is 0.315 e. The second kappa shape index (κ2) is 3.22. The number of carbonyl (C=O) groups excluding carboxylic acids is 1. The van der Waals surface area contributed by atoms with Crippen molar-refractivity contribution >= 4 is 5.97 Å². The summed E-state index contributed by atoms with van der Waals surface area (Å²) in [6.07, 6.45) is -0.732. The molecule has 17 heavy (non-hydrogen) atoms. The van der Waals surface area contributed by atoms with Crippen molar-refractivity contribution < 1.29 is 24.1 Å². The first-order chi connectivity index (χ1) is 7.92. The number of esters is 1. The van der Waals surface area contributed by atoms with Gasteiger partial charge in [-0.2, -0.15) is 0 Å². The molecule has 1 saturated heterocycles. The molecule has 0 aromatic rings. The van der Waals surface area contributed by atoms with Crippen molar-refractivity contribution in [3.63, 3.8) is 0 Å². The Morgan fingerprint density at radius 1 is 1.41 bits per heavy atom. The highest BCUT2D eigenvalue weighted by Crippen LogP contribution is 2.67. The van der Waals surface area contributed by atoms with Gasteiger partial charge in [-0.3, -0.25) is 4.79 Å². The summed E-state index contributed by atoms with van der Waals surface area (Å²) in [5.74, 6) is -0.931. The molecule has 5 heteroatoms. The van der Waals surface area contributed by atoms with Gasteiger partial charge in [-0.1, -0.05) is 0 Å². The van der Waals surface area contributed by atoms with Crippen LogP contribution in [-0.4, -0.2) is 41.8 Å². The minimum Gasteiger partial charge on any atom is -0.465 e. The summed E-state index contributed by atoms with van der Waals surface area (Å²) in [4.78, 5) is 11.9. The summed E-state index contributed by atoms with van der Waals surface area (Å²) in [5, 5.41) is 10.3. The van der Waals surface area contributed by atoms with Crippen molar-refractivity contribution in [1.29, 1.82) is 0 Å². The van der Waals surface area contributed by atoms with E-state index in [2.05, 4.69) is 0 Å². The minimum absolute atomic E-state index is 0.0447. The molecule has 5 nitrogen and oxygen atoms in total. The van der Waals surface area contributed by atoms with E-state index in [4.69, 9.17) is 14.2 Å². The van der Waals surface area contributed by atoms with Crippen molar-refractivity contribution in [3.05, 3.63) is 0 Å². The van der Waals surface area contributed by atoms with Crippen molar-refractivity contribution in [2.75, 3.05) is 6.61 Å². The standard InChI is InChI=1S/C12H18O5/c1-4-15-10(14)12-5-6(12)7-8(9(12)13)17-11(2,3)16-7/h6-9,13H,4-5H2,1-3H3/t6?,7-,8-,9-,12-/m1/s1. The first-order valence-electron chi connectivity index (χ1n) is 6.13. The van der Waals surface area contributed by atoms with Gasteiger partial charge in [-0.05, 0) is 27.2 Å². The molecule has 96 valence electrons. The Labute approximate surface area is 100 Å². The summed E-state index contributed by atoms with van der Waals surface area (Å²) in [6, 6.07) is 0. The third-order valence-corrected chi connectivity index (χ3v) is 4.11. The van der Waals surface area contributed by atoms with Crippen LogP contribution in [0.15, 0.2) is 0 Å². The van der Waals surface area contributed by atoms with Gasteiger partial charge in [0.05, 0.1) is 18.8 Å². The zero-order chi connectivity index (χ0) is 12.4. The summed E-state index contributed by atoms with van der Waals surface area (Å²) >= 11 is 0. The molecule has 0 aromatic heterocycles. The number of hydrogen-bond acceptors (Lipinski definition) is 5. The van der Waals surface area contributed by atoms with Gasteiger partial charge in [0.25, 0.3) is 0 Å². The number of ether oxygens (including phenoxy) is 3. The lowest BCUT2D eigenvalue weighted by Crippen LogP contribution is -2.39. The molecule has 1 aliphatic heterocycles. The third kappa shape index (κ3) is 1.33. The lowest BCUT2D eigenvalue weighted by atomic mass is 9.99. The van der Waals surface area contributed by atoms with Crippen molar-refractivity contribution in [2.45, 2.75) is 51.3 Å². The maximum absolute atomic E-state index is 11.9. The van der Waals surface area contributed by atoms with Crippen LogP contribution in [-0.2, 0) is 19.0 Å². The van der Waals surface area contributed by atoms with Crippen molar-refractivity contribution in [1.82, 2.24) is 0 Å². The molecule has 3 aliphatic rings. The Hall–Kier alpha value is -0.650. The molecule has 2 aliphatic carbocycles. The molecule has 0 spiro atoms. The van der Waals surface area contributed by atoms with E-state index in [-0.39, 0.29) is 18.0 Å². The Bertz CT molecular complexity index is 358. The largest absolute Gasteiger partial charge is 0.465 e. The fourth-order valence-corrected chi connectivity index (χ4v) is 3.34. The van der Waals surface area contributed by atoms with Crippen LogP contribution in [0, 0.1) is 11.3 Å². The van der Waals surface area contributed by atoms with E-state index >= 15 is 0 Å². The SMILES string of the molecule is CCOC(=O)[C@]12CC1[C@H]1OC(C)(C)O[C@H]1[C@H]2O. The first kappa shape index (κ1) is 11.4. The van der Waals surface area contributed by atoms with Gasteiger partial charge in [0.1, 0.15) is 11.5 Å². The van der Waals surface area contributed by atoms with E-state index in [1.807, 2.05) is 13.8 Å². The van der Waals surface area contributed by atoms with Crippen LogP contribution >= 0.6 is 0 Å². The summed E-state index contributed by atoms with van der Waals surface area (Å²) in [7, 11) is 0. The minimum atomic E-state index is -0.807. The van der Waals surface area contributed by atoms with E-state index < -0.39 is 23.4 Å². The number of aliphatic hydroxyl groups is 1. The zero-order valence-electron chi connectivity index (χ0n) is 10.3. The molecule has 3 fully saturated rings. The highest BCUT2D eigenvalue weighted by Gasteiger charge is 2.79. The third-order valence-electron chi connectivity index (χ3n) is 4.11. The van der Waals surface area contributed by atoms with Crippen LogP contribution in [0.3, 0.4) is 0 Å².